The molecule has 2 aromatic carbocycles. The highest BCUT2D eigenvalue weighted by molar-refractivity contribution is 6.13. The van der Waals surface area contributed by atoms with Gasteiger partial charge >= 0.3 is 0 Å². The molecule has 0 aliphatic rings. The number of anilines is 1. The fraction of sp³-hybridized carbons (Fsp3) is 0.0667. The quantitative estimate of drug-likeness (QED) is 0.438. The van der Waals surface area contributed by atoms with Gasteiger partial charge in [-0.1, -0.05) is 12.1 Å². The molecule has 0 unspecified atom stereocenters. The fourth-order valence-corrected chi connectivity index (χ4v) is 2.11. The first-order valence-corrected chi connectivity index (χ1v) is 6.89. The van der Waals surface area contributed by atoms with Crippen LogP contribution in [0.5, 0.6) is 0 Å². The number of carbonyl (C=O) groups is 2. The predicted octanol–water partition coefficient (Wildman–Crippen LogP) is 1.63. The summed E-state index contributed by atoms with van der Waals surface area (Å²) in [5.74, 6) is -1.31. The summed E-state index contributed by atoms with van der Waals surface area (Å²) in [5, 5.41) is 24.6. The van der Waals surface area contributed by atoms with Crippen LogP contribution in [-0.4, -0.2) is 28.1 Å². The summed E-state index contributed by atoms with van der Waals surface area (Å²) in [6.45, 7) is -0.223. The summed E-state index contributed by atoms with van der Waals surface area (Å²) in [5.41, 5.74) is 4.07. The number of non-ortho nitro benzene ring substituents is 2. The van der Waals surface area contributed by atoms with Gasteiger partial charge in [0.05, 0.1) is 22.5 Å². The van der Waals surface area contributed by atoms with Crippen molar-refractivity contribution in [2.45, 2.75) is 0 Å². The van der Waals surface area contributed by atoms with Gasteiger partial charge in [0.25, 0.3) is 11.4 Å². The van der Waals surface area contributed by atoms with E-state index in [-0.39, 0.29) is 23.4 Å². The van der Waals surface area contributed by atoms with Crippen LogP contribution >= 0.6 is 0 Å². The Labute approximate surface area is 140 Å². The van der Waals surface area contributed by atoms with E-state index in [1.54, 1.807) is 12.1 Å². The number of hydrogen-bond donors (Lipinski definition) is 2. The maximum Gasteiger partial charge on any atom is 0.277 e. The van der Waals surface area contributed by atoms with Crippen molar-refractivity contribution >= 4 is 28.8 Å². The molecule has 0 radical (unpaired) electrons. The minimum Gasteiger partial charge on any atom is -0.376 e. The van der Waals surface area contributed by atoms with E-state index in [1.807, 2.05) is 0 Å². The first kappa shape index (κ1) is 17.5. The smallest absolute Gasteiger partial charge is 0.277 e. The molecule has 0 fully saturated rings. The molecule has 0 aromatic heterocycles. The van der Waals surface area contributed by atoms with Crippen LogP contribution in [0.4, 0.5) is 17.1 Å². The summed E-state index contributed by atoms with van der Waals surface area (Å²) in [6.07, 6.45) is 0. The number of nitrogens with two attached hydrogens (primary N) is 1. The van der Waals surface area contributed by atoms with Gasteiger partial charge in [-0.15, -0.1) is 0 Å². The van der Waals surface area contributed by atoms with E-state index >= 15 is 0 Å². The second kappa shape index (κ2) is 7.17. The summed E-state index contributed by atoms with van der Waals surface area (Å²) >= 11 is 0. The van der Waals surface area contributed by atoms with Gasteiger partial charge < -0.3 is 11.1 Å². The van der Waals surface area contributed by atoms with Gasteiger partial charge in [-0.05, 0) is 12.1 Å². The summed E-state index contributed by atoms with van der Waals surface area (Å²) < 4.78 is 0. The lowest BCUT2D eigenvalue weighted by atomic mass is 10.0. The van der Waals surface area contributed by atoms with E-state index < -0.39 is 32.9 Å². The molecule has 0 atom stereocenters. The Morgan fingerprint density at radius 1 is 1.00 bits per heavy atom. The molecule has 0 aliphatic heterocycles. The van der Waals surface area contributed by atoms with Crippen molar-refractivity contribution in [1.29, 1.82) is 0 Å². The average Bonchev–Trinajstić information content (AvgIpc) is 2.59. The fourth-order valence-electron chi connectivity index (χ4n) is 2.11. The van der Waals surface area contributed by atoms with E-state index in [0.29, 0.717) is 0 Å². The number of nitrogens with zero attached hydrogens (tertiary/aromatic N) is 2. The third-order valence-electron chi connectivity index (χ3n) is 3.21. The van der Waals surface area contributed by atoms with Gasteiger partial charge in [0.15, 0.2) is 5.78 Å². The highest BCUT2D eigenvalue weighted by Crippen LogP contribution is 2.26. The zero-order valence-electron chi connectivity index (χ0n) is 12.7. The van der Waals surface area contributed by atoms with Crippen LogP contribution in [0, 0.1) is 20.2 Å². The van der Waals surface area contributed by atoms with Crippen LogP contribution in [-0.2, 0) is 4.79 Å². The van der Waals surface area contributed by atoms with Gasteiger partial charge in [-0.3, -0.25) is 29.8 Å². The standard InChI is InChI=1S/C15H12N4O6/c16-14(20)8-17-13-4-2-1-3-12(13)15(21)9-5-10(18(22)23)7-11(6-9)19(24)25/h1-7,17H,8H2,(H2,16,20). The summed E-state index contributed by atoms with van der Waals surface area (Å²) in [7, 11) is 0. The third-order valence-corrected chi connectivity index (χ3v) is 3.21. The minimum absolute atomic E-state index is 0.0959. The first-order chi connectivity index (χ1) is 11.8. The lowest BCUT2D eigenvalue weighted by molar-refractivity contribution is -0.394. The van der Waals surface area contributed by atoms with E-state index in [9.17, 15) is 29.8 Å². The molecule has 0 saturated carbocycles. The van der Waals surface area contributed by atoms with E-state index in [4.69, 9.17) is 5.73 Å². The second-order valence-electron chi connectivity index (χ2n) is 4.95. The number of primary amides is 1. The van der Waals surface area contributed by atoms with Crippen molar-refractivity contribution in [2.75, 3.05) is 11.9 Å². The van der Waals surface area contributed by atoms with Crippen molar-refractivity contribution in [3.63, 3.8) is 0 Å². The molecule has 2 rings (SSSR count). The molecular formula is C15H12N4O6. The largest absolute Gasteiger partial charge is 0.376 e. The molecule has 128 valence electrons. The van der Waals surface area contributed by atoms with Crippen molar-refractivity contribution in [3.05, 3.63) is 73.8 Å². The normalized spacial score (nSPS) is 10.1. The van der Waals surface area contributed by atoms with Gasteiger partial charge in [-0.2, -0.15) is 0 Å². The predicted molar refractivity (Wildman–Crippen MR) is 87.3 cm³/mol. The molecule has 25 heavy (non-hydrogen) atoms. The van der Waals surface area contributed by atoms with Crippen LogP contribution in [0.1, 0.15) is 15.9 Å². The highest BCUT2D eigenvalue weighted by Gasteiger charge is 2.22. The van der Waals surface area contributed by atoms with Crippen molar-refractivity contribution in [1.82, 2.24) is 0 Å². The monoisotopic (exact) mass is 344 g/mol. The Morgan fingerprint density at radius 2 is 1.56 bits per heavy atom. The Hall–Kier alpha value is -3.82. The molecule has 10 heteroatoms. The Bertz CT molecular complexity index is 848. The molecular weight excluding hydrogens is 332 g/mol. The van der Waals surface area contributed by atoms with Gasteiger partial charge in [0, 0.05) is 28.9 Å². The number of carbonyl (C=O) groups excluding carboxylic acids is 2. The first-order valence-electron chi connectivity index (χ1n) is 6.89. The third kappa shape index (κ3) is 4.13. The van der Waals surface area contributed by atoms with Gasteiger partial charge in [0.1, 0.15) is 0 Å². The summed E-state index contributed by atoms with van der Waals surface area (Å²) in [4.78, 5) is 43.8. The number of rotatable bonds is 7. The molecule has 0 saturated heterocycles. The van der Waals surface area contributed by atoms with E-state index in [0.717, 1.165) is 18.2 Å². The Balaban J connectivity index is 2.49. The Morgan fingerprint density at radius 3 is 2.08 bits per heavy atom. The number of benzene rings is 2. The second-order valence-corrected chi connectivity index (χ2v) is 4.95. The number of amides is 1. The molecule has 1 amide bonds. The van der Waals surface area contributed by atoms with Crippen LogP contribution in [0.3, 0.4) is 0 Å². The van der Waals surface area contributed by atoms with Crippen LogP contribution < -0.4 is 11.1 Å². The SMILES string of the molecule is NC(=O)CNc1ccccc1C(=O)c1cc([N+](=O)[O-])cc([N+](=O)[O-])c1. The average molecular weight is 344 g/mol. The van der Waals surface area contributed by atoms with Gasteiger partial charge in [0.2, 0.25) is 5.91 Å². The number of nitro benzene ring substituents is 2. The number of para-hydroxylation sites is 1. The van der Waals surface area contributed by atoms with E-state index in [1.165, 1.54) is 12.1 Å². The molecule has 2 aromatic rings. The lowest BCUT2D eigenvalue weighted by Gasteiger charge is -2.10. The molecule has 0 heterocycles. The molecule has 0 aliphatic carbocycles. The molecule has 0 bridgehead atoms. The van der Waals surface area contributed by atoms with Crippen molar-refractivity contribution < 1.29 is 19.4 Å². The topological polar surface area (TPSA) is 158 Å². The van der Waals surface area contributed by atoms with Crippen LogP contribution in [0.15, 0.2) is 42.5 Å². The molecule has 10 nitrogen and oxygen atoms in total. The molecule has 0 spiro atoms. The zero-order chi connectivity index (χ0) is 18.6. The number of hydrogen-bond acceptors (Lipinski definition) is 7. The van der Waals surface area contributed by atoms with Crippen molar-refractivity contribution in [3.8, 4) is 0 Å². The molecule has 3 N–H and O–H groups in total. The number of nitrogens with one attached hydrogen (secondary N) is 1. The van der Waals surface area contributed by atoms with Gasteiger partial charge in [-0.25, -0.2) is 0 Å². The van der Waals surface area contributed by atoms with E-state index in [2.05, 4.69) is 5.32 Å². The minimum atomic E-state index is -0.818. The number of nitro groups is 2. The maximum absolute atomic E-state index is 12.7. The number of ketones is 1. The maximum atomic E-state index is 12.7. The van der Waals surface area contributed by atoms with Crippen LogP contribution in [0.25, 0.3) is 0 Å². The highest BCUT2D eigenvalue weighted by atomic mass is 16.6. The summed E-state index contributed by atoms with van der Waals surface area (Å²) in [6, 6.07) is 8.79. The Kier molecular flexibility index (Phi) is 5.03. The lowest BCUT2D eigenvalue weighted by Crippen LogP contribution is -2.22. The zero-order valence-corrected chi connectivity index (χ0v) is 12.7. The van der Waals surface area contributed by atoms with Crippen LogP contribution in [0.2, 0.25) is 0 Å². The van der Waals surface area contributed by atoms with Crippen molar-refractivity contribution in [2.24, 2.45) is 5.73 Å².